The monoisotopic (exact) mass is 333 g/mol. The molecule has 1 heterocycles. The highest BCUT2D eigenvalue weighted by Crippen LogP contribution is 2.24. The van der Waals surface area contributed by atoms with Crippen LogP contribution in [0.2, 0.25) is 5.02 Å². The van der Waals surface area contributed by atoms with Crippen LogP contribution in [0.4, 0.5) is 5.69 Å². The minimum Gasteiger partial charge on any atom is -0.296 e. The zero-order valence-corrected chi connectivity index (χ0v) is 13.1. The van der Waals surface area contributed by atoms with Gasteiger partial charge in [-0.3, -0.25) is 15.0 Å². The number of hydrogen-bond acceptors (Lipinski definition) is 5. The van der Waals surface area contributed by atoms with E-state index in [0.717, 1.165) is 0 Å². The fourth-order valence-electron chi connectivity index (χ4n) is 2.26. The second kappa shape index (κ2) is 6.27. The van der Waals surface area contributed by atoms with Gasteiger partial charge in [-0.25, -0.2) is 8.42 Å². The summed E-state index contributed by atoms with van der Waals surface area (Å²) in [5.74, 6) is 0. The van der Waals surface area contributed by atoms with Crippen molar-refractivity contribution in [1.82, 2.24) is 9.21 Å². The maximum Gasteiger partial charge on any atom is 0.269 e. The van der Waals surface area contributed by atoms with Crippen LogP contribution in [0.15, 0.2) is 18.2 Å². The number of piperazine rings is 1. The van der Waals surface area contributed by atoms with Gasteiger partial charge in [0.1, 0.15) is 0 Å². The van der Waals surface area contributed by atoms with Crippen LogP contribution in [0.5, 0.6) is 0 Å². The highest BCUT2D eigenvalue weighted by molar-refractivity contribution is 7.88. The van der Waals surface area contributed by atoms with Gasteiger partial charge in [-0.15, -0.1) is 0 Å². The Morgan fingerprint density at radius 2 is 1.90 bits per heavy atom. The van der Waals surface area contributed by atoms with E-state index in [2.05, 4.69) is 0 Å². The van der Waals surface area contributed by atoms with Crippen LogP contribution in [-0.4, -0.2) is 55.0 Å². The third-order valence-electron chi connectivity index (χ3n) is 3.43. The first-order valence-electron chi connectivity index (χ1n) is 6.37. The van der Waals surface area contributed by atoms with E-state index in [1.807, 2.05) is 4.90 Å². The predicted molar refractivity (Wildman–Crippen MR) is 79.8 cm³/mol. The molecule has 0 saturated carbocycles. The molecule has 1 aromatic carbocycles. The van der Waals surface area contributed by atoms with E-state index in [4.69, 9.17) is 11.6 Å². The van der Waals surface area contributed by atoms with Crippen molar-refractivity contribution in [3.05, 3.63) is 38.9 Å². The largest absolute Gasteiger partial charge is 0.296 e. The van der Waals surface area contributed by atoms with E-state index in [1.165, 1.54) is 28.8 Å². The summed E-state index contributed by atoms with van der Waals surface area (Å²) in [5.41, 5.74) is 0.683. The summed E-state index contributed by atoms with van der Waals surface area (Å²) in [6.45, 7) is 2.47. The van der Waals surface area contributed by atoms with Gasteiger partial charge in [0.05, 0.1) is 11.2 Å². The fourth-order valence-corrected chi connectivity index (χ4v) is 3.26. The Morgan fingerprint density at radius 3 is 2.43 bits per heavy atom. The van der Waals surface area contributed by atoms with Gasteiger partial charge in [0.2, 0.25) is 10.0 Å². The number of nitro benzene ring substituents is 1. The second-order valence-electron chi connectivity index (χ2n) is 4.97. The molecule has 7 nitrogen and oxygen atoms in total. The molecule has 0 amide bonds. The number of non-ortho nitro benzene ring substituents is 1. The Hall–Kier alpha value is -1.22. The van der Waals surface area contributed by atoms with Crippen molar-refractivity contribution in [1.29, 1.82) is 0 Å². The first-order chi connectivity index (χ1) is 9.77. The van der Waals surface area contributed by atoms with E-state index < -0.39 is 14.9 Å². The highest BCUT2D eigenvalue weighted by atomic mass is 35.5. The molecule has 0 bridgehead atoms. The Morgan fingerprint density at radius 1 is 1.29 bits per heavy atom. The van der Waals surface area contributed by atoms with Crippen molar-refractivity contribution in [2.75, 3.05) is 32.4 Å². The van der Waals surface area contributed by atoms with Gasteiger partial charge in [-0.2, -0.15) is 4.31 Å². The summed E-state index contributed by atoms with van der Waals surface area (Å²) < 4.78 is 24.3. The first kappa shape index (κ1) is 16.2. The topological polar surface area (TPSA) is 83.8 Å². The average Bonchev–Trinajstić information content (AvgIpc) is 2.40. The number of nitro groups is 1. The fraction of sp³-hybridized carbons (Fsp3) is 0.500. The van der Waals surface area contributed by atoms with Crippen LogP contribution in [0.1, 0.15) is 5.56 Å². The summed E-state index contributed by atoms with van der Waals surface area (Å²) in [5, 5.41) is 11.3. The zero-order chi connectivity index (χ0) is 15.6. The van der Waals surface area contributed by atoms with Crippen molar-refractivity contribution in [2.24, 2.45) is 0 Å². The van der Waals surface area contributed by atoms with Crippen LogP contribution in [0.25, 0.3) is 0 Å². The van der Waals surface area contributed by atoms with Crippen molar-refractivity contribution >= 4 is 27.3 Å². The third kappa shape index (κ3) is 4.13. The molecule has 1 aliphatic rings. The molecule has 1 aromatic rings. The van der Waals surface area contributed by atoms with E-state index in [0.29, 0.717) is 43.3 Å². The summed E-state index contributed by atoms with van der Waals surface area (Å²) in [7, 11) is -3.16. The van der Waals surface area contributed by atoms with Crippen LogP contribution in [0.3, 0.4) is 0 Å². The maximum atomic E-state index is 11.4. The summed E-state index contributed by atoms with van der Waals surface area (Å²) >= 11 is 6.07. The normalized spacial score (nSPS) is 17.8. The summed E-state index contributed by atoms with van der Waals surface area (Å²) in [4.78, 5) is 12.4. The molecule has 0 radical (unpaired) electrons. The van der Waals surface area contributed by atoms with Gasteiger partial charge in [-0.1, -0.05) is 11.6 Å². The third-order valence-corrected chi connectivity index (χ3v) is 5.11. The van der Waals surface area contributed by atoms with Gasteiger partial charge in [0.15, 0.2) is 0 Å². The molecule has 1 saturated heterocycles. The lowest BCUT2D eigenvalue weighted by Gasteiger charge is -2.33. The molecule has 2 rings (SSSR count). The number of halogens is 1. The quantitative estimate of drug-likeness (QED) is 0.613. The van der Waals surface area contributed by atoms with Crippen molar-refractivity contribution < 1.29 is 13.3 Å². The summed E-state index contributed by atoms with van der Waals surface area (Å²) in [6.07, 6.45) is 1.19. The molecule has 0 aromatic heterocycles. The number of benzene rings is 1. The maximum absolute atomic E-state index is 11.4. The van der Waals surface area contributed by atoms with Crippen LogP contribution in [-0.2, 0) is 16.6 Å². The molecule has 0 atom stereocenters. The Balaban J connectivity index is 2.04. The molecule has 1 fully saturated rings. The molecule has 1 aliphatic heterocycles. The van der Waals surface area contributed by atoms with E-state index in [1.54, 1.807) is 0 Å². The van der Waals surface area contributed by atoms with E-state index in [-0.39, 0.29) is 5.69 Å². The minimum absolute atomic E-state index is 0.00386. The number of rotatable bonds is 4. The van der Waals surface area contributed by atoms with Crippen molar-refractivity contribution in [3.63, 3.8) is 0 Å². The van der Waals surface area contributed by atoms with Gasteiger partial charge < -0.3 is 0 Å². The SMILES string of the molecule is CS(=O)(=O)N1CCN(Cc2cc([N+](=O)[O-])ccc2Cl)CC1. The number of sulfonamides is 1. The number of hydrogen-bond donors (Lipinski definition) is 0. The molecular formula is C12H16ClN3O4S. The molecule has 0 spiro atoms. The predicted octanol–water partition coefficient (Wildman–Crippen LogP) is 1.33. The lowest BCUT2D eigenvalue weighted by atomic mass is 10.1. The van der Waals surface area contributed by atoms with Gasteiger partial charge in [0, 0.05) is 49.9 Å². The first-order valence-corrected chi connectivity index (χ1v) is 8.60. The van der Waals surface area contributed by atoms with Crippen molar-refractivity contribution in [2.45, 2.75) is 6.54 Å². The van der Waals surface area contributed by atoms with E-state index >= 15 is 0 Å². The number of nitrogens with zero attached hydrogens (tertiary/aromatic N) is 3. The van der Waals surface area contributed by atoms with Crippen LogP contribution in [0, 0.1) is 10.1 Å². The lowest BCUT2D eigenvalue weighted by Crippen LogP contribution is -2.47. The van der Waals surface area contributed by atoms with Gasteiger partial charge in [-0.05, 0) is 11.6 Å². The minimum atomic E-state index is -3.16. The molecule has 0 unspecified atom stereocenters. The second-order valence-corrected chi connectivity index (χ2v) is 7.36. The van der Waals surface area contributed by atoms with Crippen LogP contribution < -0.4 is 0 Å². The van der Waals surface area contributed by atoms with Gasteiger partial charge >= 0.3 is 0 Å². The highest BCUT2D eigenvalue weighted by Gasteiger charge is 2.24. The molecule has 9 heteroatoms. The molecule has 0 N–H and O–H groups in total. The molecule has 21 heavy (non-hydrogen) atoms. The standard InChI is InChI=1S/C12H16ClN3O4S/c1-21(19,20)15-6-4-14(5-7-15)9-10-8-11(16(17)18)2-3-12(10)13/h2-3,8H,4-7,9H2,1H3. The molecule has 116 valence electrons. The van der Waals surface area contributed by atoms with Gasteiger partial charge in [0.25, 0.3) is 5.69 Å². The lowest BCUT2D eigenvalue weighted by molar-refractivity contribution is -0.384. The average molecular weight is 334 g/mol. The molecule has 0 aliphatic carbocycles. The Bertz CT molecular complexity index is 642. The summed E-state index contributed by atoms with van der Waals surface area (Å²) in [6, 6.07) is 4.35. The Kier molecular flexibility index (Phi) is 4.82. The van der Waals surface area contributed by atoms with E-state index in [9.17, 15) is 18.5 Å². The smallest absolute Gasteiger partial charge is 0.269 e. The zero-order valence-electron chi connectivity index (χ0n) is 11.5. The van der Waals surface area contributed by atoms with Crippen molar-refractivity contribution in [3.8, 4) is 0 Å². The molecular weight excluding hydrogens is 318 g/mol. The Labute approximate surface area is 128 Å². The van der Waals surface area contributed by atoms with Crippen LogP contribution >= 0.6 is 11.6 Å².